The Morgan fingerprint density at radius 2 is 1.60 bits per heavy atom. The first-order valence-corrected chi connectivity index (χ1v) is 11.1. The van der Waals surface area contributed by atoms with E-state index in [1.54, 1.807) is 61.7 Å². The Morgan fingerprint density at radius 1 is 0.933 bits per heavy atom. The van der Waals surface area contributed by atoms with Crippen molar-refractivity contribution in [2.75, 3.05) is 24.6 Å². The van der Waals surface area contributed by atoms with Crippen molar-refractivity contribution in [3.8, 4) is 17.2 Å². The van der Waals surface area contributed by atoms with E-state index in [9.17, 15) is 8.42 Å². The normalized spacial score (nSPS) is 13.0. The van der Waals surface area contributed by atoms with E-state index in [0.717, 1.165) is 5.56 Å². The second-order valence-corrected chi connectivity index (χ2v) is 8.94. The Balaban J connectivity index is 1.75. The van der Waals surface area contributed by atoms with Crippen molar-refractivity contribution in [2.45, 2.75) is 11.4 Å². The quantitative estimate of drug-likeness (QED) is 0.558. The zero-order chi connectivity index (χ0) is 21.1. The Bertz CT molecular complexity index is 1130. The highest BCUT2D eigenvalue weighted by molar-refractivity contribution is 7.92. The van der Waals surface area contributed by atoms with Crippen molar-refractivity contribution in [1.29, 1.82) is 0 Å². The predicted molar refractivity (Wildman–Crippen MR) is 115 cm³/mol. The van der Waals surface area contributed by atoms with Crippen LogP contribution in [0.15, 0.2) is 71.6 Å². The largest absolute Gasteiger partial charge is 0.497 e. The summed E-state index contributed by atoms with van der Waals surface area (Å²) in [6.07, 6.45) is 0. The maximum absolute atomic E-state index is 13.6. The van der Waals surface area contributed by atoms with Crippen LogP contribution >= 0.6 is 11.6 Å². The average molecular weight is 446 g/mol. The molecule has 0 fully saturated rings. The van der Waals surface area contributed by atoms with E-state index in [0.29, 0.717) is 41.2 Å². The van der Waals surface area contributed by atoms with Crippen LogP contribution in [-0.4, -0.2) is 28.7 Å². The molecule has 156 valence electrons. The number of nitrogens with zero attached hydrogens (tertiary/aromatic N) is 1. The molecule has 0 aliphatic carbocycles. The van der Waals surface area contributed by atoms with Gasteiger partial charge in [-0.3, -0.25) is 4.31 Å². The fourth-order valence-corrected chi connectivity index (χ4v) is 4.73. The van der Waals surface area contributed by atoms with E-state index < -0.39 is 10.0 Å². The molecule has 0 bridgehead atoms. The van der Waals surface area contributed by atoms with Crippen LogP contribution in [0, 0.1) is 0 Å². The monoisotopic (exact) mass is 445 g/mol. The maximum Gasteiger partial charge on any atom is 0.264 e. The van der Waals surface area contributed by atoms with E-state index in [4.69, 9.17) is 25.8 Å². The van der Waals surface area contributed by atoms with Crippen molar-refractivity contribution < 1.29 is 22.6 Å². The topological polar surface area (TPSA) is 65.1 Å². The zero-order valence-electron chi connectivity index (χ0n) is 16.2. The molecule has 6 nitrogen and oxygen atoms in total. The first-order chi connectivity index (χ1) is 14.5. The second kappa shape index (κ2) is 8.45. The van der Waals surface area contributed by atoms with Gasteiger partial charge in [0.15, 0.2) is 11.5 Å². The number of hydrogen-bond acceptors (Lipinski definition) is 5. The minimum Gasteiger partial charge on any atom is -0.497 e. The molecular formula is C22H20ClNO5S. The van der Waals surface area contributed by atoms with Crippen LogP contribution in [0.2, 0.25) is 5.02 Å². The molecule has 0 saturated heterocycles. The molecule has 0 spiro atoms. The van der Waals surface area contributed by atoms with E-state index in [1.807, 2.05) is 0 Å². The lowest BCUT2D eigenvalue weighted by atomic mass is 10.2. The van der Waals surface area contributed by atoms with Gasteiger partial charge in [0, 0.05) is 11.1 Å². The summed E-state index contributed by atoms with van der Waals surface area (Å²) in [5, 5.41) is 0.587. The molecule has 30 heavy (non-hydrogen) atoms. The van der Waals surface area contributed by atoms with Gasteiger partial charge in [0.25, 0.3) is 10.0 Å². The summed E-state index contributed by atoms with van der Waals surface area (Å²) in [7, 11) is -2.33. The Morgan fingerprint density at radius 3 is 2.27 bits per heavy atom. The number of fused-ring (bicyclic) bond motifs is 1. The van der Waals surface area contributed by atoms with Crippen LogP contribution in [0.5, 0.6) is 17.2 Å². The summed E-state index contributed by atoms with van der Waals surface area (Å²) in [6.45, 7) is 0.956. The number of ether oxygens (including phenoxy) is 3. The molecule has 3 aromatic rings. The Kier molecular flexibility index (Phi) is 5.74. The Labute approximate surface area is 180 Å². The summed E-state index contributed by atoms with van der Waals surface area (Å²) in [6, 6.07) is 18.6. The molecule has 0 atom stereocenters. The van der Waals surface area contributed by atoms with Gasteiger partial charge in [-0.2, -0.15) is 0 Å². The minimum absolute atomic E-state index is 0.122. The van der Waals surface area contributed by atoms with E-state index >= 15 is 0 Å². The molecule has 1 aliphatic heterocycles. The van der Waals surface area contributed by atoms with Crippen LogP contribution in [0.4, 0.5) is 5.69 Å². The molecule has 4 rings (SSSR count). The Hall–Kier alpha value is -2.90. The first kappa shape index (κ1) is 20.4. The predicted octanol–water partition coefficient (Wildman–Crippen LogP) is 4.52. The molecule has 0 saturated carbocycles. The summed E-state index contributed by atoms with van der Waals surface area (Å²) in [5.74, 6) is 1.60. The smallest absolute Gasteiger partial charge is 0.264 e. The van der Waals surface area contributed by atoms with Gasteiger partial charge in [0.05, 0.1) is 24.2 Å². The van der Waals surface area contributed by atoms with Gasteiger partial charge >= 0.3 is 0 Å². The van der Waals surface area contributed by atoms with Crippen molar-refractivity contribution in [3.63, 3.8) is 0 Å². The lowest BCUT2D eigenvalue weighted by Crippen LogP contribution is -2.30. The summed E-state index contributed by atoms with van der Waals surface area (Å²) >= 11 is 5.98. The van der Waals surface area contributed by atoms with Gasteiger partial charge < -0.3 is 14.2 Å². The van der Waals surface area contributed by atoms with Crippen LogP contribution < -0.4 is 18.5 Å². The van der Waals surface area contributed by atoms with Crippen molar-refractivity contribution >= 4 is 27.3 Å². The number of benzene rings is 3. The van der Waals surface area contributed by atoms with Gasteiger partial charge in [-0.25, -0.2) is 8.42 Å². The molecule has 0 amide bonds. The lowest BCUT2D eigenvalue weighted by Gasteiger charge is -2.26. The molecule has 1 aliphatic rings. The average Bonchev–Trinajstić information content (AvgIpc) is 2.78. The summed E-state index contributed by atoms with van der Waals surface area (Å²) < 4.78 is 44.9. The fourth-order valence-electron chi connectivity index (χ4n) is 3.13. The molecule has 0 radical (unpaired) electrons. The number of halogens is 1. The molecule has 0 unspecified atom stereocenters. The van der Waals surface area contributed by atoms with E-state index in [2.05, 4.69) is 0 Å². The number of methoxy groups -OCH3 is 1. The molecule has 3 aromatic carbocycles. The standard InChI is InChI=1S/C22H20ClNO5S/c1-27-19-8-6-18(7-9-19)24(15-16-2-4-17(23)5-3-16)30(25,26)20-10-11-21-22(14-20)29-13-12-28-21/h2-11,14H,12-13,15H2,1H3. The molecular weight excluding hydrogens is 426 g/mol. The molecule has 0 N–H and O–H groups in total. The number of anilines is 1. The fraction of sp³-hybridized carbons (Fsp3) is 0.182. The first-order valence-electron chi connectivity index (χ1n) is 9.28. The lowest BCUT2D eigenvalue weighted by molar-refractivity contribution is 0.171. The molecule has 8 heteroatoms. The third kappa shape index (κ3) is 4.17. The minimum atomic E-state index is -3.89. The van der Waals surface area contributed by atoms with Gasteiger partial charge in [0.1, 0.15) is 19.0 Å². The van der Waals surface area contributed by atoms with Gasteiger partial charge in [-0.1, -0.05) is 23.7 Å². The highest BCUT2D eigenvalue weighted by Crippen LogP contribution is 2.35. The highest BCUT2D eigenvalue weighted by Gasteiger charge is 2.27. The van der Waals surface area contributed by atoms with Gasteiger partial charge in [0.2, 0.25) is 0 Å². The molecule has 1 heterocycles. The summed E-state index contributed by atoms with van der Waals surface area (Å²) in [4.78, 5) is 0.122. The van der Waals surface area contributed by atoms with Crippen LogP contribution in [0.25, 0.3) is 0 Å². The number of hydrogen-bond donors (Lipinski definition) is 0. The molecule has 0 aromatic heterocycles. The van der Waals surface area contributed by atoms with Crippen molar-refractivity contribution in [2.24, 2.45) is 0 Å². The van der Waals surface area contributed by atoms with E-state index in [1.165, 1.54) is 16.4 Å². The van der Waals surface area contributed by atoms with Crippen molar-refractivity contribution in [3.05, 3.63) is 77.3 Å². The second-order valence-electron chi connectivity index (χ2n) is 6.64. The van der Waals surface area contributed by atoms with E-state index in [-0.39, 0.29) is 11.4 Å². The maximum atomic E-state index is 13.6. The van der Waals surface area contributed by atoms with Gasteiger partial charge in [-0.05, 0) is 54.1 Å². The van der Waals surface area contributed by atoms with Gasteiger partial charge in [-0.15, -0.1) is 0 Å². The number of sulfonamides is 1. The van der Waals surface area contributed by atoms with Crippen molar-refractivity contribution in [1.82, 2.24) is 0 Å². The highest BCUT2D eigenvalue weighted by atomic mass is 35.5. The zero-order valence-corrected chi connectivity index (χ0v) is 17.8. The summed E-state index contributed by atoms with van der Waals surface area (Å²) in [5.41, 5.74) is 1.32. The third-order valence-electron chi connectivity index (χ3n) is 4.70. The van der Waals surface area contributed by atoms with Crippen LogP contribution in [-0.2, 0) is 16.6 Å². The van der Waals surface area contributed by atoms with Crippen LogP contribution in [0.3, 0.4) is 0 Å². The SMILES string of the molecule is COc1ccc(N(Cc2ccc(Cl)cc2)S(=O)(=O)c2ccc3c(c2)OCCO3)cc1. The number of rotatable bonds is 6. The van der Waals surface area contributed by atoms with Crippen LogP contribution in [0.1, 0.15) is 5.56 Å². The third-order valence-corrected chi connectivity index (χ3v) is 6.72.